The summed E-state index contributed by atoms with van der Waals surface area (Å²) in [6.07, 6.45) is 1.15. The van der Waals surface area contributed by atoms with Gasteiger partial charge in [0.2, 0.25) is 0 Å². The van der Waals surface area contributed by atoms with Gasteiger partial charge in [-0.3, -0.25) is 0 Å². The van der Waals surface area contributed by atoms with E-state index in [-0.39, 0.29) is 10.8 Å². The first-order valence-corrected chi connectivity index (χ1v) is 19.6. The molecule has 10 aromatic rings. The van der Waals surface area contributed by atoms with Gasteiger partial charge in [0, 0.05) is 32.9 Å². The zero-order chi connectivity index (χ0) is 37.1. The molecular formula is C53H42N2. The van der Waals surface area contributed by atoms with Crippen LogP contribution in [0.2, 0.25) is 0 Å². The summed E-state index contributed by atoms with van der Waals surface area (Å²) in [5.41, 5.74) is 15.6. The molecule has 2 nitrogen and oxygen atoms in total. The molecular weight excluding hydrogens is 665 g/mol. The number of nitrogens with zero attached hydrogens (tertiary/aromatic N) is 2. The molecule has 264 valence electrons. The Balaban J connectivity index is 1.09. The van der Waals surface area contributed by atoms with Gasteiger partial charge in [0.1, 0.15) is 0 Å². The first-order valence-electron chi connectivity index (χ1n) is 19.6. The van der Waals surface area contributed by atoms with Crippen LogP contribution in [0, 0.1) is 0 Å². The Morgan fingerprint density at radius 1 is 0.400 bits per heavy atom. The minimum absolute atomic E-state index is 0.112. The molecule has 2 aromatic heterocycles. The SMILES string of the molecule is CC1(C)CC(C)(C)c2c(-c3cccc(-n4c5ccccc5c5cc(-c6ccc7c(c6)c6c8ccccc8ccc6n7-c6ccccc6)ccc54)c3)cccc21. The molecule has 0 saturated heterocycles. The van der Waals surface area contributed by atoms with E-state index in [1.54, 1.807) is 0 Å². The van der Waals surface area contributed by atoms with Crippen molar-refractivity contribution < 1.29 is 0 Å². The van der Waals surface area contributed by atoms with E-state index in [0.717, 1.165) is 6.42 Å². The molecule has 0 N–H and O–H groups in total. The second kappa shape index (κ2) is 11.6. The Labute approximate surface area is 321 Å². The van der Waals surface area contributed by atoms with E-state index in [0.29, 0.717) is 0 Å². The minimum atomic E-state index is 0.112. The first kappa shape index (κ1) is 32.1. The number of aromatic nitrogens is 2. The van der Waals surface area contributed by atoms with E-state index >= 15 is 0 Å². The molecule has 0 unspecified atom stereocenters. The standard InChI is InChI=1S/C53H42N2/c1-52(2)33-53(3,4)51-41(21-13-22-45(51)52)37-15-12-18-39(30-37)55-46-23-11-10-20-42(46)43-31-35(25-27-47(43)55)36-26-28-48-44(32-36)50-40-19-9-8-14-34(40)24-29-49(50)54(48)38-16-6-5-7-17-38/h5-32H,33H2,1-4H3. The molecule has 0 saturated carbocycles. The molecule has 0 atom stereocenters. The van der Waals surface area contributed by atoms with Crippen molar-refractivity contribution in [1.29, 1.82) is 0 Å². The van der Waals surface area contributed by atoms with Crippen LogP contribution in [-0.2, 0) is 10.8 Å². The lowest BCUT2D eigenvalue weighted by atomic mass is 9.80. The van der Waals surface area contributed by atoms with E-state index in [9.17, 15) is 0 Å². The van der Waals surface area contributed by atoms with Crippen molar-refractivity contribution >= 4 is 54.4 Å². The minimum Gasteiger partial charge on any atom is -0.309 e. The van der Waals surface area contributed by atoms with E-state index < -0.39 is 0 Å². The summed E-state index contributed by atoms with van der Waals surface area (Å²) in [7, 11) is 0. The number of rotatable bonds is 4. The summed E-state index contributed by atoms with van der Waals surface area (Å²) in [6.45, 7) is 9.63. The van der Waals surface area contributed by atoms with Crippen LogP contribution in [0.3, 0.4) is 0 Å². The molecule has 0 spiro atoms. The van der Waals surface area contributed by atoms with Gasteiger partial charge in [-0.1, -0.05) is 137 Å². The molecule has 8 aromatic carbocycles. The van der Waals surface area contributed by atoms with Crippen LogP contribution in [0.15, 0.2) is 170 Å². The van der Waals surface area contributed by atoms with Crippen molar-refractivity contribution in [3.05, 3.63) is 181 Å². The third-order valence-corrected chi connectivity index (χ3v) is 12.4. The summed E-state index contributed by atoms with van der Waals surface area (Å²) in [5.74, 6) is 0. The zero-order valence-electron chi connectivity index (χ0n) is 31.8. The number of hydrogen-bond acceptors (Lipinski definition) is 0. The zero-order valence-corrected chi connectivity index (χ0v) is 31.8. The van der Waals surface area contributed by atoms with Crippen molar-refractivity contribution in [1.82, 2.24) is 9.13 Å². The van der Waals surface area contributed by atoms with Crippen LogP contribution in [0.1, 0.15) is 45.2 Å². The van der Waals surface area contributed by atoms with Gasteiger partial charge in [-0.25, -0.2) is 0 Å². The molecule has 0 fully saturated rings. The van der Waals surface area contributed by atoms with Crippen LogP contribution < -0.4 is 0 Å². The molecule has 0 bridgehead atoms. The monoisotopic (exact) mass is 706 g/mol. The van der Waals surface area contributed by atoms with Crippen molar-refractivity contribution in [3.8, 4) is 33.6 Å². The summed E-state index contributed by atoms with van der Waals surface area (Å²) >= 11 is 0. The average Bonchev–Trinajstić information content (AvgIpc) is 3.79. The van der Waals surface area contributed by atoms with Gasteiger partial charge in [0.15, 0.2) is 0 Å². The van der Waals surface area contributed by atoms with E-state index in [1.807, 2.05) is 0 Å². The predicted molar refractivity (Wildman–Crippen MR) is 234 cm³/mol. The van der Waals surface area contributed by atoms with Gasteiger partial charge in [-0.2, -0.15) is 0 Å². The van der Waals surface area contributed by atoms with E-state index in [1.165, 1.54) is 99.1 Å². The maximum absolute atomic E-state index is 2.46. The second-order valence-corrected chi connectivity index (χ2v) is 16.9. The average molecular weight is 707 g/mol. The fourth-order valence-corrected chi connectivity index (χ4v) is 10.4. The fraction of sp³-hybridized carbons (Fsp3) is 0.132. The largest absolute Gasteiger partial charge is 0.309 e. The molecule has 1 aliphatic rings. The first-order chi connectivity index (χ1) is 26.8. The van der Waals surface area contributed by atoms with Crippen LogP contribution in [0.5, 0.6) is 0 Å². The lowest BCUT2D eigenvalue weighted by Crippen LogP contribution is -2.18. The Morgan fingerprint density at radius 3 is 1.84 bits per heavy atom. The number of benzene rings is 8. The Hall–Kier alpha value is -6.38. The maximum Gasteiger partial charge on any atom is 0.0547 e. The molecule has 0 amide bonds. The van der Waals surface area contributed by atoms with Crippen LogP contribution in [0.4, 0.5) is 0 Å². The van der Waals surface area contributed by atoms with Gasteiger partial charge in [-0.05, 0) is 122 Å². The summed E-state index contributed by atoms with van der Waals surface area (Å²) < 4.78 is 4.87. The summed E-state index contributed by atoms with van der Waals surface area (Å²) in [5, 5.41) is 7.64. The highest BCUT2D eigenvalue weighted by molar-refractivity contribution is 6.22. The highest BCUT2D eigenvalue weighted by Crippen LogP contribution is 2.52. The topological polar surface area (TPSA) is 9.86 Å². The number of para-hydroxylation sites is 2. The smallest absolute Gasteiger partial charge is 0.0547 e. The van der Waals surface area contributed by atoms with Gasteiger partial charge in [0.25, 0.3) is 0 Å². The molecule has 0 aliphatic heterocycles. The quantitative estimate of drug-likeness (QED) is 0.172. The third kappa shape index (κ3) is 4.74. The molecule has 0 radical (unpaired) electrons. The molecule has 11 rings (SSSR count). The summed E-state index contributed by atoms with van der Waals surface area (Å²) in [6, 6.07) is 63.1. The lowest BCUT2D eigenvalue weighted by molar-refractivity contribution is 0.403. The lowest BCUT2D eigenvalue weighted by Gasteiger charge is -2.24. The van der Waals surface area contributed by atoms with Crippen molar-refractivity contribution in [3.63, 3.8) is 0 Å². The number of hydrogen-bond donors (Lipinski definition) is 0. The van der Waals surface area contributed by atoms with Gasteiger partial charge >= 0.3 is 0 Å². The number of fused-ring (bicyclic) bond motifs is 9. The molecule has 55 heavy (non-hydrogen) atoms. The van der Waals surface area contributed by atoms with E-state index in [2.05, 4.69) is 207 Å². The third-order valence-electron chi connectivity index (χ3n) is 12.4. The molecule has 2 heteroatoms. The van der Waals surface area contributed by atoms with Crippen molar-refractivity contribution in [2.24, 2.45) is 0 Å². The van der Waals surface area contributed by atoms with Gasteiger partial charge in [0.05, 0.1) is 22.1 Å². The van der Waals surface area contributed by atoms with Crippen LogP contribution in [-0.4, -0.2) is 9.13 Å². The normalized spacial score (nSPS) is 14.8. The van der Waals surface area contributed by atoms with Crippen LogP contribution >= 0.6 is 0 Å². The van der Waals surface area contributed by atoms with Crippen molar-refractivity contribution in [2.45, 2.75) is 44.9 Å². The van der Waals surface area contributed by atoms with E-state index in [4.69, 9.17) is 0 Å². The maximum atomic E-state index is 2.46. The molecule has 2 heterocycles. The highest BCUT2D eigenvalue weighted by atomic mass is 15.0. The van der Waals surface area contributed by atoms with Crippen LogP contribution in [0.25, 0.3) is 88.0 Å². The Morgan fingerprint density at radius 2 is 1.02 bits per heavy atom. The predicted octanol–water partition coefficient (Wildman–Crippen LogP) is 14.3. The molecule has 1 aliphatic carbocycles. The van der Waals surface area contributed by atoms with Gasteiger partial charge < -0.3 is 9.13 Å². The van der Waals surface area contributed by atoms with Crippen molar-refractivity contribution in [2.75, 3.05) is 0 Å². The highest BCUT2D eigenvalue weighted by Gasteiger charge is 2.43. The Bertz CT molecular complexity index is 3170. The van der Waals surface area contributed by atoms with Gasteiger partial charge in [-0.15, -0.1) is 0 Å². The fourth-order valence-electron chi connectivity index (χ4n) is 10.4. The second-order valence-electron chi connectivity index (χ2n) is 16.9. The summed E-state index contributed by atoms with van der Waals surface area (Å²) in [4.78, 5) is 0. The Kier molecular flexibility index (Phi) is 6.74.